The zero-order valence-electron chi connectivity index (χ0n) is 15.1. The van der Waals surface area contributed by atoms with Crippen molar-refractivity contribution in [3.05, 3.63) is 42.0 Å². The molecule has 0 radical (unpaired) electrons. The maximum Gasteiger partial charge on any atom is 0.165 e. The van der Waals surface area contributed by atoms with Crippen LogP contribution in [0.4, 0.5) is 0 Å². The van der Waals surface area contributed by atoms with Crippen LogP contribution in [-0.4, -0.2) is 47.9 Å². The number of phenolic OH excluding ortho intramolecular Hbond substituents is 1. The first-order valence-corrected chi connectivity index (χ1v) is 10.2. The number of benzene rings is 2. The second-order valence-electron chi connectivity index (χ2n) is 7.28. The standard InChI is InChI=1S/C21H22N2O3S/c24-18-10-15(21-22-17-3-1-2-4-19(17)27-21)9-16-12-23(6-8-26-20(16)18)11-14-5-7-25-13-14/h1-4,9-10,14,24H,5-8,11-13H2. The Labute approximate surface area is 162 Å². The van der Waals surface area contributed by atoms with Crippen LogP contribution in [0.25, 0.3) is 20.8 Å². The van der Waals surface area contributed by atoms with Gasteiger partial charge in [-0.3, -0.25) is 4.90 Å². The number of fused-ring (bicyclic) bond motifs is 2. The molecule has 1 N–H and O–H groups in total. The van der Waals surface area contributed by atoms with Crippen LogP contribution in [0.3, 0.4) is 0 Å². The molecule has 2 aliphatic rings. The third-order valence-electron chi connectivity index (χ3n) is 5.28. The number of hydrogen-bond acceptors (Lipinski definition) is 6. The number of phenols is 1. The lowest BCUT2D eigenvalue weighted by Gasteiger charge is -2.22. The van der Waals surface area contributed by atoms with Gasteiger partial charge in [0.15, 0.2) is 11.5 Å². The van der Waals surface area contributed by atoms with Crippen molar-refractivity contribution < 1.29 is 14.6 Å². The summed E-state index contributed by atoms with van der Waals surface area (Å²) in [7, 11) is 0. The predicted molar refractivity (Wildman–Crippen MR) is 106 cm³/mol. The van der Waals surface area contributed by atoms with E-state index in [1.807, 2.05) is 18.2 Å². The molecule has 3 heterocycles. The summed E-state index contributed by atoms with van der Waals surface area (Å²) in [5.41, 5.74) is 2.97. The molecule has 1 aromatic heterocycles. The molecule has 140 valence electrons. The van der Waals surface area contributed by atoms with Gasteiger partial charge in [0.1, 0.15) is 11.6 Å². The number of rotatable bonds is 3. The van der Waals surface area contributed by atoms with Gasteiger partial charge < -0.3 is 14.6 Å². The summed E-state index contributed by atoms with van der Waals surface area (Å²) in [6, 6.07) is 12.0. The third-order valence-corrected chi connectivity index (χ3v) is 6.36. The van der Waals surface area contributed by atoms with Crippen molar-refractivity contribution in [3.8, 4) is 22.1 Å². The second-order valence-corrected chi connectivity index (χ2v) is 8.31. The van der Waals surface area contributed by atoms with E-state index in [1.54, 1.807) is 17.4 Å². The summed E-state index contributed by atoms with van der Waals surface area (Å²) in [6.07, 6.45) is 1.13. The van der Waals surface area contributed by atoms with Gasteiger partial charge in [0.05, 0.1) is 16.8 Å². The van der Waals surface area contributed by atoms with E-state index in [-0.39, 0.29) is 5.75 Å². The SMILES string of the molecule is Oc1cc(-c2nc3ccccc3s2)cc2c1OCCN(CC1CCOC1)C2. The van der Waals surface area contributed by atoms with Gasteiger partial charge in [0.2, 0.25) is 0 Å². The van der Waals surface area contributed by atoms with Gasteiger partial charge in [-0.2, -0.15) is 0 Å². The minimum absolute atomic E-state index is 0.202. The lowest BCUT2D eigenvalue weighted by Crippen LogP contribution is -2.31. The van der Waals surface area contributed by atoms with Crippen molar-refractivity contribution in [2.24, 2.45) is 5.92 Å². The number of thiazole rings is 1. The van der Waals surface area contributed by atoms with Crippen LogP contribution in [0.2, 0.25) is 0 Å². The fourth-order valence-corrected chi connectivity index (χ4v) is 4.87. The molecule has 1 unspecified atom stereocenters. The van der Waals surface area contributed by atoms with Crippen molar-refractivity contribution in [1.29, 1.82) is 0 Å². The Bertz CT molecular complexity index is 932. The molecule has 0 aliphatic carbocycles. The summed E-state index contributed by atoms with van der Waals surface area (Å²) >= 11 is 1.65. The van der Waals surface area contributed by atoms with Gasteiger partial charge in [0, 0.05) is 37.4 Å². The molecule has 0 bridgehead atoms. The quantitative estimate of drug-likeness (QED) is 0.745. The summed E-state index contributed by atoms with van der Waals surface area (Å²) in [6.45, 7) is 4.96. The van der Waals surface area contributed by atoms with E-state index < -0.39 is 0 Å². The van der Waals surface area contributed by atoms with E-state index in [9.17, 15) is 5.11 Å². The first-order valence-electron chi connectivity index (χ1n) is 9.41. The van der Waals surface area contributed by atoms with Crippen LogP contribution in [-0.2, 0) is 11.3 Å². The van der Waals surface area contributed by atoms with Gasteiger partial charge in [-0.05, 0) is 36.6 Å². The van der Waals surface area contributed by atoms with Crippen LogP contribution in [0.15, 0.2) is 36.4 Å². The van der Waals surface area contributed by atoms with Crippen LogP contribution in [0.5, 0.6) is 11.5 Å². The minimum atomic E-state index is 0.202. The first-order chi connectivity index (χ1) is 13.3. The average molecular weight is 382 g/mol. The van der Waals surface area contributed by atoms with Crippen molar-refractivity contribution in [3.63, 3.8) is 0 Å². The van der Waals surface area contributed by atoms with Crippen molar-refractivity contribution in [2.45, 2.75) is 13.0 Å². The molecule has 6 heteroatoms. The molecule has 1 atom stereocenters. The maximum absolute atomic E-state index is 10.6. The Morgan fingerprint density at radius 3 is 3.00 bits per heavy atom. The van der Waals surface area contributed by atoms with Crippen LogP contribution in [0, 0.1) is 5.92 Å². The van der Waals surface area contributed by atoms with Gasteiger partial charge in [-0.1, -0.05) is 12.1 Å². The van der Waals surface area contributed by atoms with Gasteiger partial charge in [-0.15, -0.1) is 11.3 Å². The molecule has 0 amide bonds. The maximum atomic E-state index is 10.6. The minimum Gasteiger partial charge on any atom is -0.504 e. The molecule has 2 aromatic carbocycles. The average Bonchev–Trinajstić information content (AvgIpc) is 3.28. The van der Waals surface area contributed by atoms with Crippen LogP contribution < -0.4 is 4.74 Å². The fourth-order valence-electron chi connectivity index (χ4n) is 3.92. The van der Waals surface area contributed by atoms with E-state index >= 15 is 0 Å². The topological polar surface area (TPSA) is 54.8 Å². The lowest BCUT2D eigenvalue weighted by molar-refractivity contribution is 0.159. The fraction of sp³-hybridized carbons (Fsp3) is 0.381. The van der Waals surface area contributed by atoms with E-state index in [1.165, 1.54) is 0 Å². The predicted octanol–water partition coefficient (Wildman–Crippen LogP) is 3.90. The second kappa shape index (κ2) is 7.11. The highest BCUT2D eigenvalue weighted by atomic mass is 32.1. The van der Waals surface area contributed by atoms with Gasteiger partial charge in [0.25, 0.3) is 0 Å². The van der Waals surface area contributed by atoms with E-state index in [2.05, 4.69) is 17.0 Å². The zero-order chi connectivity index (χ0) is 18.2. The largest absolute Gasteiger partial charge is 0.504 e. The molecule has 5 nitrogen and oxygen atoms in total. The molecule has 5 rings (SSSR count). The van der Waals surface area contributed by atoms with Gasteiger partial charge >= 0.3 is 0 Å². The Hall–Kier alpha value is -2.15. The molecule has 1 fully saturated rings. The number of aromatic nitrogens is 1. The number of hydrogen-bond donors (Lipinski definition) is 1. The van der Waals surface area contributed by atoms with E-state index in [0.717, 1.165) is 65.6 Å². The first kappa shape index (κ1) is 17.0. The highest BCUT2D eigenvalue weighted by molar-refractivity contribution is 7.21. The molecular formula is C21H22N2O3S. The Kier molecular flexibility index (Phi) is 4.47. The Morgan fingerprint density at radius 2 is 2.15 bits per heavy atom. The highest BCUT2D eigenvalue weighted by Crippen LogP contribution is 2.39. The molecule has 2 aliphatic heterocycles. The number of nitrogens with zero attached hydrogens (tertiary/aromatic N) is 2. The number of ether oxygens (including phenoxy) is 2. The molecule has 0 saturated carbocycles. The summed E-state index contributed by atoms with van der Waals surface area (Å²) in [5.74, 6) is 1.41. The number of aromatic hydroxyl groups is 1. The van der Waals surface area contributed by atoms with Crippen LogP contribution >= 0.6 is 11.3 Å². The zero-order valence-corrected chi connectivity index (χ0v) is 15.9. The molecule has 0 spiro atoms. The molecule has 3 aromatic rings. The summed E-state index contributed by atoms with van der Waals surface area (Å²) < 4.78 is 12.6. The van der Waals surface area contributed by atoms with Gasteiger partial charge in [-0.25, -0.2) is 4.98 Å². The Balaban J connectivity index is 1.47. The van der Waals surface area contributed by atoms with Crippen molar-refractivity contribution in [2.75, 3.05) is 32.9 Å². The third kappa shape index (κ3) is 3.40. The smallest absolute Gasteiger partial charge is 0.165 e. The Morgan fingerprint density at radius 1 is 1.22 bits per heavy atom. The molecule has 1 saturated heterocycles. The summed E-state index contributed by atoms with van der Waals surface area (Å²) in [4.78, 5) is 7.14. The van der Waals surface area contributed by atoms with Crippen molar-refractivity contribution in [1.82, 2.24) is 9.88 Å². The highest BCUT2D eigenvalue weighted by Gasteiger charge is 2.24. The van der Waals surface area contributed by atoms with E-state index in [4.69, 9.17) is 14.5 Å². The van der Waals surface area contributed by atoms with E-state index in [0.29, 0.717) is 18.3 Å². The van der Waals surface area contributed by atoms with Crippen molar-refractivity contribution >= 4 is 21.6 Å². The molecular weight excluding hydrogens is 360 g/mol. The summed E-state index contributed by atoms with van der Waals surface area (Å²) in [5, 5.41) is 11.5. The normalized spacial score (nSPS) is 20.4. The monoisotopic (exact) mass is 382 g/mol. The number of para-hydroxylation sites is 1. The molecule has 27 heavy (non-hydrogen) atoms. The lowest BCUT2D eigenvalue weighted by atomic mass is 10.1. The van der Waals surface area contributed by atoms with Crippen LogP contribution in [0.1, 0.15) is 12.0 Å².